The fraction of sp³-hybridized carbons (Fsp3) is 0.500. The van der Waals surface area contributed by atoms with E-state index in [1.54, 1.807) is 12.1 Å². The summed E-state index contributed by atoms with van der Waals surface area (Å²) in [5.41, 5.74) is 0.698. The largest absolute Gasteiger partial charge is 0.388 e. The molecule has 7 heteroatoms. The molecule has 21 heavy (non-hydrogen) atoms. The van der Waals surface area contributed by atoms with Crippen LogP contribution in [0.5, 0.6) is 0 Å². The third kappa shape index (κ3) is 3.41. The van der Waals surface area contributed by atoms with Crippen molar-refractivity contribution in [3.05, 3.63) is 35.6 Å². The molecule has 0 radical (unpaired) electrons. The Morgan fingerprint density at radius 3 is 2.71 bits per heavy atom. The molecular formula is C14H17FN4OS. The standard InChI is InChI=1S/C14H17FN4OS/c15-11-7-5-10(6-8-11)13(20)9-21-14-16-17-18-19(14)12-3-1-2-4-12/h5-8,12-13,20H,1-4,9H2. The van der Waals surface area contributed by atoms with Crippen molar-refractivity contribution in [2.75, 3.05) is 5.75 Å². The third-order valence-corrected chi connectivity index (χ3v) is 4.77. The molecular weight excluding hydrogens is 291 g/mol. The minimum atomic E-state index is -0.663. The van der Waals surface area contributed by atoms with Crippen LogP contribution in [0.3, 0.4) is 0 Å². The number of hydrogen-bond donors (Lipinski definition) is 1. The Balaban J connectivity index is 1.62. The summed E-state index contributed by atoms with van der Waals surface area (Å²) >= 11 is 1.43. The monoisotopic (exact) mass is 308 g/mol. The van der Waals surface area contributed by atoms with Crippen molar-refractivity contribution in [2.45, 2.75) is 43.0 Å². The number of halogens is 1. The highest BCUT2D eigenvalue weighted by molar-refractivity contribution is 7.99. The van der Waals surface area contributed by atoms with E-state index < -0.39 is 6.10 Å². The van der Waals surface area contributed by atoms with Crippen LogP contribution in [0.15, 0.2) is 29.4 Å². The summed E-state index contributed by atoms with van der Waals surface area (Å²) in [5, 5.41) is 22.7. The average molecular weight is 308 g/mol. The molecule has 1 atom stereocenters. The second-order valence-corrected chi connectivity index (χ2v) is 6.21. The molecule has 1 aliphatic carbocycles. The Kier molecular flexibility index (Phi) is 4.50. The van der Waals surface area contributed by atoms with Crippen LogP contribution in [0, 0.1) is 5.82 Å². The van der Waals surface area contributed by atoms with Gasteiger partial charge in [0.25, 0.3) is 0 Å². The first kappa shape index (κ1) is 14.5. The highest BCUT2D eigenvalue weighted by Crippen LogP contribution is 2.32. The summed E-state index contributed by atoms with van der Waals surface area (Å²) < 4.78 is 14.7. The van der Waals surface area contributed by atoms with Crippen LogP contribution in [0.1, 0.15) is 43.4 Å². The molecule has 1 heterocycles. The summed E-state index contributed by atoms with van der Waals surface area (Å²) in [6.45, 7) is 0. The molecule has 1 aliphatic rings. The molecule has 0 spiro atoms. The van der Waals surface area contributed by atoms with Gasteiger partial charge in [0.2, 0.25) is 5.16 Å². The lowest BCUT2D eigenvalue weighted by atomic mass is 10.1. The van der Waals surface area contributed by atoms with Crippen LogP contribution in [-0.2, 0) is 0 Å². The first-order chi connectivity index (χ1) is 10.2. The topological polar surface area (TPSA) is 63.8 Å². The van der Waals surface area contributed by atoms with E-state index in [-0.39, 0.29) is 5.82 Å². The van der Waals surface area contributed by atoms with Crippen molar-refractivity contribution in [3.8, 4) is 0 Å². The number of benzene rings is 1. The molecule has 112 valence electrons. The number of tetrazole rings is 1. The summed E-state index contributed by atoms with van der Waals surface area (Å²) in [4.78, 5) is 0. The van der Waals surface area contributed by atoms with E-state index in [1.807, 2.05) is 4.68 Å². The lowest BCUT2D eigenvalue weighted by molar-refractivity contribution is 0.204. The number of aliphatic hydroxyl groups is 1. The quantitative estimate of drug-likeness (QED) is 0.861. The molecule has 2 aromatic rings. The highest BCUT2D eigenvalue weighted by Gasteiger charge is 2.22. The second kappa shape index (κ2) is 6.53. The number of hydrogen-bond acceptors (Lipinski definition) is 5. The molecule has 1 saturated carbocycles. The molecule has 1 N–H and O–H groups in total. The number of thioether (sulfide) groups is 1. The average Bonchev–Trinajstić information content (AvgIpc) is 3.16. The van der Waals surface area contributed by atoms with Gasteiger partial charge in [-0.2, -0.15) is 0 Å². The van der Waals surface area contributed by atoms with Crippen LogP contribution in [0.4, 0.5) is 4.39 Å². The maximum absolute atomic E-state index is 12.9. The molecule has 1 unspecified atom stereocenters. The lowest BCUT2D eigenvalue weighted by Gasteiger charge is -2.13. The Hall–Kier alpha value is -1.47. The zero-order valence-corrected chi connectivity index (χ0v) is 12.3. The van der Waals surface area contributed by atoms with Crippen LogP contribution >= 0.6 is 11.8 Å². The lowest BCUT2D eigenvalue weighted by Crippen LogP contribution is -2.09. The van der Waals surface area contributed by atoms with Gasteiger partial charge in [-0.3, -0.25) is 0 Å². The zero-order chi connectivity index (χ0) is 14.7. The minimum absolute atomic E-state index is 0.302. The van der Waals surface area contributed by atoms with Gasteiger partial charge in [-0.25, -0.2) is 9.07 Å². The van der Waals surface area contributed by atoms with Gasteiger partial charge in [0.1, 0.15) is 5.82 Å². The first-order valence-electron chi connectivity index (χ1n) is 7.08. The van der Waals surface area contributed by atoms with E-state index in [9.17, 15) is 9.50 Å². The smallest absolute Gasteiger partial charge is 0.209 e. The normalized spacial score (nSPS) is 17.2. The fourth-order valence-corrected chi connectivity index (χ4v) is 3.50. The Morgan fingerprint density at radius 2 is 2.00 bits per heavy atom. The molecule has 0 amide bonds. The van der Waals surface area contributed by atoms with E-state index in [1.165, 1.54) is 36.7 Å². The fourth-order valence-electron chi connectivity index (χ4n) is 2.59. The van der Waals surface area contributed by atoms with Gasteiger partial charge in [-0.05, 0) is 41.0 Å². The van der Waals surface area contributed by atoms with Crippen LogP contribution in [-0.4, -0.2) is 31.1 Å². The van der Waals surface area contributed by atoms with Crippen molar-refractivity contribution in [3.63, 3.8) is 0 Å². The van der Waals surface area contributed by atoms with Gasteiger partial charge in [0.05, 0.1) is 12.1 Å². The van der Waals surface area contributed by atoms with Crippen molar-refractivity contribution in [2.24, 2.45) is 0 Å². The highest BCUT2D eigenvalue weighted by atomic mass is 32.2. The van der Waals surface area contributed by atoms with Crippen LogP contribution in [0.2, 0.25) is 0 Å². The second-order valence-electron chi connectivity index (χ2n) is 5.22. The van der Waals surface area contributed by atoms with Gasteiger partial charge in [0.15, 0.2) is 0 Å². The summed E-state index contributed by atoms with van der Waals surface area (Å²) in [6, 6.07) is 6.28. The Bertz CT molecular complexity index is 583. The van der Waals surface area contributed by atoms with Crippen molar-refractivity contribution >= 4 is 11.8 Å². The van der Waals surface area contributed by atoms with Gasteiger partial charge in [-0.1, -0.05) is 36.7 Å². The molecule has 0 saturated heterocycles. The number of aromatic nitrogens is 4. The molecule has 1 aromatic carbocycles. The van der Waals surface area contributed by atoms with Crippen molar-refractivity contribution < 1.29 is 9.50 Å². The van der Waals surface area contributed by atoms with Crippen LogP contribution < -0.4 is 0 Å². The summed E-state index contributed by atoms with van der Waals surface area (Å²) in [5.74, 6) is 0.141. The predicted octanol–water partition coefficient (Wildman–Crippen LogP) is 2.75. The number of nitrogens with zero attached hydrogens (tertiary/aromatic N) is 4. The molecule has 3 rings (SSSR count). The van der Waals surface area contributed by atoms with Gasteiger partial charge < -0.3 is 5.11 Å². The number of rotatable bonds is 5. The summed E-state index contributed by atoms with van der Waals surface area (Å²) in [7, 11) is 0. The van der Waals surface area contributed by atoms with Gasteiger partial charge >= 0.3 is 0 Å². The molecule has 0 bridgehead atoms. The van der Waals surface area contributed by atoms with E-state index in [2.05, 4.69) is 15.5 Å². The van der Waals surface area contributed by atoms with E-state index >= 15 is 0 Å². The maximum atomic E-state index is 12.9. The van der Waals surface area contributed by atoms with Crippen LogP contribution in [0.25, 0.3) is 0 Å². The maximum Gasteiger partial charge on any atom is 0.209 e. The first-order valence-corrected chi connectivity index (χ1v) is 8.07. The van der Waals surface area contributed by atoms with E-state index in [0.29, 0.717) is 17.4 Å². The molecule has 0 aliphatic heterocycles. The number of aliphatic hydroxyl groups excluding tert-OH is 1. The zero-order valence-electron chi connectivity index (χ0n) is 11.5. The van der Waals surface area contributed by atoms with Gasteiger partial charge in [0, 0.05) is 5.75 Å². The van der Waals surface area contributed by atoms with E-state index in [4.69, 9.17) is 0 Å². The van der Waals surface area contributed by atoms with Crippen molar-refractivity contribution in [1.82, 2.24) is 20.2 Å². The third-order valence-electron chi connectivity index (χ3n) is 3.76. The molecule has 1 fully saturated rings. The Labute approximate surface area is 126 Å². The van der Waals surface area contributed by atoms with E-state index in [0.717, 1.165) is 18.0 Å². The van der Waals surface area contributed by atoms with Crippen molar-refractivity contribution in [1.29, 1.82) is 0 Å². The summed E-state index contributed by atoms with van der Waals surface area (Å²) in [6.07, 6.45) is 3.99. The van der Waals surface area contributed by atoms with Gasteiger partial charge in [-0.15, -0.1) is 5.10 Å². The Morgan fingerprint density at radius 1 is 1.29 bits per heavy atom. The minimum Gasteiger partial charge on any atom is -0.388 e. The SMILES string of the molecule is OC(CSc1nnnn1C1CCCC1)c1ccc(F)cc1. The predicted molar refractivity (Wildman–Crippen MR) is 77.4 cm³/mol. The molecule has 5 nitrogen and oxygen atoms in total. The molecule has 1 aromatic heterocycles.